The van der Waals surface area contributed by atoms with Crippen LogP contribution in [-0.4, -0.2) is 22.1 Å². The minimum atomic E-state index is -0.618. The Morgan fingerprint density at radius 2 is 2.12 bits per heavy atom. The fourth-order valence-corrected chi connectivity index (χ4v) is 4.96. The molecule has 4 rings (SSSR count). The van der Waals surface area contributed by atoms with Gasteiger partial charge in [0.15, 0.2) is 12.6 Å². The molecule has 0 bridgehead atoms. The maximum absolute atomic E-state index is 13.4. The number of carbonyl (C=O) groups is 1. The van der Waals surface area contributed by atoms with E-state index in [2.05, 4.69) is 0 Å². The van der Waals surface area contributed by atoms with E-state index in [4.69, 9.17) is 9.47 Å². The summed E-state index contributed by atoms with van der Waals surface area (Å²) in [6, 6.07) is 4.73. The molecule has 33 heavy (non-hydrogen) atoms. The zero-order valence-electron chi connectivity index (χ0n) is 18.3. The maximum Gasteiger partial charge on any atom is 0.270 e. The summed E-state index contributed by atoms with van der Waals surface area (Å²) in [6.45, 7) is 5.66. The smallest absolute Gasteiger partial charge is 0.270 e. The SMILES string of the molecule is CC(C)(C)C(=O)/C=c1\s/c(=C/c2ccsc2)c(=O)n1Cc1cc([N+](=O)[O-])cc2c1OCOC2. The van der Waals surface area contributed by atoms with Gasteiger partial charge in [-0.1, -0.05) is 20.8 Å². The van der Waals surface area contributed by atoms with Crippen LogP contribution in [0.5, 0.6) is 5.75 Å². The van der Waals surface area contributed by atoms with Crippen LogP contribution in [0.2, 0.25) is 0 Å². The highest BCUT2D eigenvalue weighted by atomic mass is 32.1. The first-order valence-electron chi connectivity index (χ1n) is 10.1. The molecule has 0 atom stereocenters. The molecule has 0 fully saturated rings. The predicted octanol–water partition coefficient (Wildman–Crippen LogP) is 3.02. The Labute approximate surface area is 197 Å². The summed E-state index contributed by atoms with van der Waals surface area (Å²) in [6.07, 6.45) is 3.26. The average Bonchev–Trinajstić information content (AvgIpc) is 3.37. The molecule has 0 amide bonds. The van der Waals surface area contributed by atoms with Crippen molar-refractivity contribution >= 4 is 46.3 Å². The Kier molecular flexibility index (Phi) is 6.33. The van der Waals surface area contributed by atoms with Gasteiger partial charge < -0.3 is 9.47 Å². The van der Waals surface area contributed by atoms with Crippen LogP contribution in [0.3, 0.4) is 0 Å². The molecule has 0 spiro atoms. The molecule has 8 nitrogen and oxygen atoms in total. The third-order valence-corrected chi connectivity index (χ3v) is 6.84. The first-order chi connectivity index (χ1) is 15.6. The molecule has 0 N–H and O–H groups in total. The number of nitro benzene ring substituents is 1. The standard InChI is InChI=1S/C23H22N2O6S2/c1-23(2,3)19(26)9-20-24(22(27)18(33-20)6-14-4-5-32-12-14)10-15-7-17(25(28)29)8-16-11-30-13-31-21(15)16/h4-9,12H,10-11,13H2,1-3H3/b18-6+,20-9-. The highest BCUT2D eigenvalue weighted by molar-refractivity contribution is 7.08. The van der Waals surface area contributed by atoms with E-state index in [1.807, 2.05) is 37.6 Å². The maximum atomic E-state index is 13.4. The number of non-ortho nitro benzene ring substituents is 1. The van der Waals surface area contributed by atoms with Gasteiger partial charge in [0.05, 0.1) is 22.6 Å². The van der Waals surface area contributed by atoms with Crippen LogP contribution < -0.4 is 19.5 Å². The number of ketones is 1. The van der Waals surface area contributed by atoms with Crippen LogP contribution in [0.4, 0.5) is 5.69 Å². The summed E-state index contributed by atoms with van der Waals surface area (Å²) in [5, 5.41) is 15.3. The third kappa shape index (κ3) is 4.97. The van der Waals surface area contributed by atoms with Crippen molar-refractivity contribution in [2.24, 2.45) is 5.41 Å². The normalized spacial score (nSPS) is 14.8. The summed E-state index contributed by atoms with van der Waals surface area (Å²) in [4.78, 5) is 37.1. The summed E-state index contributed by atoms with van der Waals surface area (Å²) in [5.41, 5.74) is 0.937. The Morgan fingerprint density at radius 3 is 2.79 bits per heavy atom. The molecular weight excluding hydrogens is 464 g/mol. The fraction of sp³-hybridized carbons (Fsp3) is 0.304. The monoisotopic (exact) mass is 486 g/mol. The highest BCUT2D eigenvalue weighted by Gasteiger charge is 2.23. The summed E-state index contributed by atoms with van der Waals surface area (Å²) in [5.74, 6) is 0.353. The zero-order valence-corrected chi connectivity index (χ0v) is 20.0. The molecule has 0 unspecified atom stereocenters. The van der Waals surface area contributed by atoms with E-state index in [9.17, 15) is 19.7 Å². The largest absolute Gasteiger partial charge is 0.467 e. The Morgan fingerprint density at radius 1 is 1.33 bits per heavy atom. The van der Waals surface area contributed by atoms with Gasteiger partial charge in [0.2, 0.25) is 0 Å². The van der Waals surface area contributed by atoms with Gasteiger partial charge in [0, 0.05) is 34.8 Å². The molecule has 0 radical (unpaired) electrons. The molecule has 0 saturated heterocycles. The van der Waals surface area contributed by atoms with E-state index in [0.29, 0.717) is 26.1 Å². The quantitative estimate of drug-likeness (QED) is 0.406. The lowest BCUT2D eigenvalue weighted by atomic mass is 9.91. The van der Waals surface area contributed by atoms with E-state index in [-0.39, 0.29) is 37.0 Å². The number of thiazole rings is 1. The first-order valence-corrected chi connectivity index (χ1v) is 11.9. The molecule has 0 saturated carbocycles. The van der Waals surface area contributed by atoms with Crippen LogP contribution in [0.1, 0.15) is 37.5 Å². The number of ether oxygens (including phenoxy) is 2. The summed E-state index contributed by atoms with van der Waals surface area (Å²) >= 11 is 2.74. The van der Waals surface area contributed by atoms with Crippen molar-refractivity contribution in [3.05, 3.63) is 75.3 Å². The minimum absolute atomic E-state index is 0.0228. The lowest BCUT2D eigenvalue weighted by Crippen LogP contribution is -2.33. The fourth-order valence-electron chi connectivity index (χ4n) is 3.30. The molecule has 172 valence electrons. The molecule has 1 aliphatic rings. The van der Waals surface area contributed by atoms with Crippen LogP contribution in [-0.2, 0) is 22.7 Å². The van der Waals surface area contributed by atoms with E-state index in [1.165, 1.54) is 45.4 Å². The molecule has 2 aromatic heterocycles. The van der Waals surface area contributed by atoms with Crippen molar-refractivity contribution in [3.63, 3.8) is 0 Å². The molecule has 0 aliphatic carbocycles. The van der Waals surface area contributed by atoms with Gasteiger partial charge in [-0.15, -0.1) is 11.3 Å². The number of rotatable bonds is 5. The molecular formula is C23H22N2O6S2. The van der Waals surface area contributed by atoms with Crippen LogP contribution in [0, 0.1) is 15.5 Å². The van der Waals surface area contributed by atoms with Crippen molar-refractivity contribution in [3.8, 4) is 5.75 Å². The highest BCUT2D eigenvalue weighted by Crippen LogP contribution is 2.32. The molecule has 1 aliphatic heterocycles. The number of nitrogens with zero attached hydrogens (tertiary/aromatic N) is 2. The van der Waals surface area contributed by atoms with Gasteiger partial charge in [0.25, 0.3) is 11.2 Å². The lowest BCUT2D eigenvalue weighted by Gasteiger charge is -2.20. The second kappa shape index (κ2) is 9.05. The molecule has 3 heterocycles. The number of thiophene rings is 1. The van der Waals surface area contributed by atoms with Gasteiger partial charge in [-0.2, -0.15) is 11.3 Å². The number of hydrogen-bond donors (Lipinski definition) is 0. The van der Waals surface area contributed by atoms with Gasteiger partial charge in [0.1, 0.15) is 10.4 Å². The number of hydrogen-bond acceptors (Lipinski definition) is 8. The van der Waals surface area contributed by atoms with Crippen LogP contribution >= 0.6 is 22.7 Å². The topological polar surface area (TPSA) is 101 Å². The number of benzene rings is 1. The Bertz CT molecular complexity index is 1390. The average molecular weight is 487 g/mol. The number of fused-ring (bicyclic) bond motifs is 1. The van der Waals surface area contributed by atoms with Gasteiger partial charge in [-0.25, -0.2) is 0 Å². The van der Waals surface area contributed by atoms with Crippen molar-refractivity contribution in [2.45, 2.75) is 33.9 Å². The van der Waals surface area contributed by atoms with Gasteiger partial charge in [-0.05, 0) is 28.5 Å². The number of nitro groups is 1. The zero-order chi connectivity index (χ0) is 23.8. The van der Waals surface area contributed by atoms with Crippen molar-refractivity contribution in [1.29, 1.82) is 0 Å². The number of carbonyl (C=O) groups excluding carboxylic acids is 1. The number of aromatic nitrogens is 1. The lowest BCUT2D eigenvalue weighted by molar-refractivity contribution is -0.385. The van der Waals surface area contributed by atoms with Crippen LogP contribution in [0.15, 0.2) is 33.8 Å². The van der Waals surface area contributed by atoms with Gasteiger partial charge >= 0.3 is 0 Å². The number of Topliss-reactive ketones (excluding diaryl/α,β-unsaturated/α-hetero) is 1. The second-order valence-electron chi connectivity index (χ2n) is 8.62. The Hall–Kier alpha value is -3.08. The van der Waals surface area contributed by atoms with E-state index >= 15 is 0 Å². The second-order valence-corrected chi connectivity index (χ2v) is 10.5. The van der Waals surface area contributed by atoms with Crippen LogP contribution in [0.25, 0.3) is 12.2 Å². The van der Waals surface area contributed by atoms with Crippen molar-refractivity contribution in [2.75, 3.05) is 6.79 Å². The summed E-state index contributed by atoms with van der Waals surface area (Å²) < 4.78 is 13.3. The van der Waals surface area contributed by atoms with Gasteiger partial charge in [-0.3, -0.25) is 24.3 Å². The van der Waals surface area contributed by atoms with E-state index in [1.54, 1.807) is 6.08 Å². The summed E-state index contributed by atoms with van der Waals surface area (Å²) in [7, 11) is 0. The molecule has 10 heteroatoms. The first kappa shape index (κ1) is 23.1. The molecule has 1 aromatic carbocycles. The molecule has 3 aromatic rings. The van der Waals surface area contributed by atoms with Crippen molar-refractivity contribution in [1.82, 2.24) is 4.57 Å². The third-order valence-electron chi connectivity index (χ3n) is 5.08. The predicted molar refractivity (Wildman–Crippen MR) is 127 cm³/mol. The minimum Gasteiger partial charge on any atom is -0.467 e. The van der Waals surface area contributed by atoms with E-state index < -0.39 is 10.3 Å². The van der Waals surface area contributed by atoms with E-state index in [0.717, 1.165) is 5.56 Å². The Balaban J connectivity index is 1.91. The van der Waals surface area contributed by atoms with Crippen molar-refractivity contribution < 1.29 is 19.2 Å².